The normalized spacial score (nSPS) is 10.6. The van der Waals surface area contributed by atoms with E-state index in [9.17, 15) is 0 Å². The van der Waals surface area contributed by atoms with Crippen molar-refractivity contribution in [1.82, 2.24) is 4.98 Å². The van der Waals surface area contributed by atoms with Crippen molar-refractivity contribution in [2.24, 2.45) is 0 Å². The molecular formula is C17H22N2O2. The molecule has 1 aromatic heterocycles. The van der Waals surface area contributed by atoms with Crippen molar-refractivity contribution < 1.29 is 9.47 Å². The molecule has 0 saturated heterocycles. The maximum atomic E-state index is 6.07. The Hall–Kier alpha value is -2.23. The zero-order valence-corrected chi connectivity index (χ0v) is 12.6. The van der Waals surface area contributed by atoms with Crippen molar-refractivity contribution in [2.45, 2.75) is 32.8 Å². The molecule has 112 valence electrons. The monoisotopic (exact) mass is 286 g/mol. The molecule has 0 fully saturated rings. The number of nitrogen functional groups attached to an aromatic ring is 1. The minimum Gasteiger partial charge on any atom is -0.491 e. The Bertz CT molecular complexity index is 556. The summed E-state index contributed by atoms with van der Waals surface area (Å²) in [7, 11) is 0. The Morgan fingerprint density at radius 1 is 1.10 bits per heavy atom. The number of anilines is 1. The quantitative estimate of drug-likeness (QED) is 0.625. The van der Waals surface area contributed by atoms with Gasteiger partial charge in [-0.05, 0) is 56.5 Å². The summed E-state index contributed by atoms with van der Waals surface area (Å²) in [6.07, 6.45) is 5.60. The SMILES string of the molecule is CC(C)Oc1cccc(OCCCc2ccncc2)c1N. The van der Waals surface area contributed by atoms with E-state index in [4.69, 9.17) is 15.2 Å². The van der Waals surface area contributed by atoms with E-state index in [-0.39, 0.29) is 6.10 Å². The molecule has 0 atom stereocenters. The number of pyridine rings is 1. The van der Waals surface area contributed by atoms with Gasteiger partial charge in [0.05, 0.1) is 12.7 Å². The molecular weight excluding hydrogens is 264 g/mol. The van der Waals surface area contributed by atoms with Crippen LogP contribution in [0.15, 0.2) is 42.7 Å². The predicted molar refractivity (Wildman–Crippen MR) is 84.7 cm³/mol. The van der Waals surface area contributed by atoms with Gasteiger partial charge in [0.2, 0.25) is 0 Å². The Morgan fingerprint density at radius 3 is 2.52 bits per heavy atom. The summed E-state index contributed by atoms with van der Waals surface area (Å²) in [5.74, 6) is 1.36. The molecule has 0 unspecified atom stereocenters. The molecule has 0 radical (unpaired) electrons. The van der Waals surface area contributed by atoms with Crippen LogP contribution in [0.2, 0.25) is 0 Å². The van der Waals surface area contributed by atoms with Gasteiger partial charge in [-0.2, -0.15) is 0 Å². The van der Waals surface area contributed by atoms with Gasteiger partial charge in [0.25, 0.3) is 0 Å². The van der Waals surface area contributed by atoms with Crippen LogP contribution in [-0.2, 0) is 6.42 Å². The second kappa shape index (κ2) is 7.53. The fourth-order valence-corrected chi connectivity index (χ4v) is 2.01. The van der Waals surface area contributed by atoms with Crippen molar-refractivity contribution >= 4 is 5.69 Å². The summed E-state index contributed by atoms with van der Waals surface area (Å²) in [4.78, 5) is 4.00. The maximum absolute atomic E-state index is 6.07. The lowest BCUT2D eigenvalue weighted by molar-refractivity contribution is 0.241. The number of hydrogen-bond acceptors (Lipinski definition) is 4. The average molecular weight is 286 g/mol. The fourth-order valence-electron chi connectivity index (χ4n) is 2.01. The molecule has 4 nitrogen and oxygen atoms in total. The van der Waals surface area contributed by atoms with Gasteiger partial charge in [-0.3, -0.25) is 4.98 Å². The number of nitrogens with two attached hydrogens (primary N) is 1. The number of benzene rings is 1. The van der Waals surface area contributed by atoms with Gasteiger partial charge >= 0.3 is 0 Å². The Morgan fingerprint density at radius 2 is 1.81 bits per heavy atom. The van der Waals surface area contributed by atoms with E-state index in [1.165, 1.54) is 5.56 Å². The molecule has 21 heavy (non-hydrogen) atoms. The lowest BCUT2D eigenvalue weighted by Gasteiger charge is -2.15. The van der Waals surface area contributed by atoms with E-state index < -0.39 is 0 Å². The summed E-state index contributed by atoms with van der Waals surface area (Å²) in [5.41, 5.74) is 7.89. The minimum absolute atomic E-state index is 0.0919. The van der Waals surface area contributed by atoms with E-state index in [1.807, 2.05) is 44.2 Å². The van der Waals surface area contributed by atoms with E-state index in [0.29, 0.717) is 23.8 Å². The van der Waals surface area contributed by atoms with Gasteiger partial charge in [0.15, 0.2) is 0 Å². The van der Waals surface area contributed by atoms with Crippen molar-refractivity contribution in [3.05, 3.63) is 48.3 Å². The van der Waals surface area contributed by atoms with E-state index in [0.717, 1.165) is 12.8 Å². The van der Waals surface area contributed by atoms with Crippen LogP contribution in [-0.4, -0.2) is 17.7 Å². The van der Waals surface area contributed by atoms with Crippen molar-refractivity contribution in [2.75, 3.05) is 12.3 Å². The van der Waals surface area contributed by atoms with Gasteiger partial charge in [0, 0.05) is 12.4 Å². The van der Waals surface area contributed by atoms with Crippen LogP contribution in [0.4, 0.5) is 5.69 Å². The third kappa shape index (κ3) is 4.67. The van der Waals surface area contributed by atoms with Crippen LogP contribution in [0, 0.1) is 0 Å². The Balaban J connectivity index is 1.85. The van der Waals surface area contributed by atoms with E-state index >= 15 is 0 Å². The maximum Gasteiger partial charge on any atom is 0.146 e. The van der Waals surface area contributed by atoms with Gasteiger partial charge in [0.1, 0.15) is 17.2 Å². The van der Waals surface area contributed by atoms with Gasteiger partial charge < -0.3 is 15.2 Å². The number of nitrogens with zero attached hydrogens (tertiary/aromatic N) is 1. The highest BCUT2D eigenvalue weighted by molar-refractivity contribution is 5.62. The molecule has 0 aliphatic carbocycles. The van der Waals surface area contributed by atoms with Crippen molar-refractivity contribution in [1.29, 1.82) is 0 Å². The third-order valence-corrected chi connectivity index (χ3v) is 3.01. The first-order valence-corrected chi connectivity index (χ1v) is 7.23. The second-order valence-corrected chi connectivity index (χ2v) is 5.14. The highest BCUT2D eigenvalue weighted by Crippen LogP contribution is 2.32. The molecule has 0 aliphatic heterocycles. The van der Waals surface area contributed by atoms with Crippen LogP contribution in [0.3, 0.4) is 0 Å². The third-order valence-electron chi connectivity index (χ3n) is 3.01. The molecule has 0 bridgehead atoms. The molecule has 0 amide bonds. The summed E-state index contributed by atoms with van der Waals surface area (Å²) < 4.78 is 11.4. The molecule has 1 heterocycles. The largest absolute Gasteiger partial charge is 0.491 e. The number of hydrogen-bond donors (Lipinski definition) is 1. The zero-order chi connectivity index (χ0) is 15.1. The smallest absolute Gasteiger partial charge is 0.146 e. The molecule has 2 N–H and O–H groups in total. The number of ether oxygens (including phenoxy) is 2. The lowest BCUT2D eigenvalue weighted by Crippen LogP contribution is -2.08. The second-order valence-electron chi connectivity index (χ2n) is 5.14. The Kier molecular flexibility index (Phi) is 5.43. The van der Waals surface area contributed by atoms with Crippen LogP contribution in [0.1, 0.15) is 25.8 Å². The van der Waals surface area contributed by atoms with E-state index in [1.54, 1.807) is 12.4 Å². The molecule has 4 heteroatoms. The zero-order valence-electron chi connectivity index (χ0n) is 12.6. The van der Waals surface area contributed by atoms with Crippen molar-refractivity contribution in [3.63, 3.8) is 0 Å². The van der Waals surface area contributed by atoms with Crippen LogP contribution < -0.4 is 15.2 Å². The fraction of sp³-hybridized carbons (Fsp3) is 0.353. The first-order valence-electron chi connectivity index (χ1n) is 7.23. The predicted octanol–water partition coefficient (Wildman–Crippen LogP) is 3.46. The standard InChI is InChI=1S/C17H22N2O2/c1-13(2)21-16-7-3-6-15(17(16)18)20-12-4-5-14-8-10-19-11-9-14/h3,6-11,13H,4-5,12,18H2,1-2H3. The molecule has 0 aliphatic rings. The van der Waals surface area contributed by atoms with Gasteiger partial charge in [-0.15, -0.1) is 0 Å². The van der Waals surface area contributed by atoms with Gasteiger partial charge in [-0.1, -0.05) is 6.07 Å². The molecule has 0 saturated carbocycles. The van der Waals surface area contributed by atoms with Crippen molar-refractivity contribution in [3.8, 4) is 11.5 Å². The summed E-state index contributed by atoms with van der Waals surface area (Å²) in [5, 5.41) is 0. The number of para-hydroxylation sites is 1. The lowest BCUT2D eigenvalue weighted by atomic mass is 10.1. The van der Waals surface area contributed by atoms with Crippen LogP contribution >= 0.6 is 0 Å². The summed E-state index contributed by atoms with van der Waals surface area (Å²) in [6.45, 7) is 4.57. The first-order chi connectivity index (χ1) is 10.2. The number of aromatic nitrogens is 1. The minimum atomic E-state index is 0.0919. The van der Waals surface area contributed by atoms with Crippen LogP contribution in [0.5, 0.6) is 11.5 Å². The highest BCUT2D eigenvalue weighted by Gasteiger charge is 2.08. The summed E-state index contributed by atoms with van der Waals surface area (Å²) in [6, 6.07) is 9.66. The number of aryl methyl sites for hydroxylation is 1. The summed E-state index contributed by atoms with van der Waals surface area (Å²) >= 11 is 0. The highest BCUT2D eigenvalue weighted by atomic mass is 16.5. The van der Waals surface area contributed by atoms with E-state index in [2.05, 4.69) is 4.98 Å². The first kappa shape index (κ1) is 15.2. The van der Waals surface area contributed by atoms with Crippen LogP contribution in [0.25, 0.3) is 0 Å². The topological polar surface area (TPSA) is 57.4 Å². The van der Waals surface area contributed by atoms with Gasteiger partial charge in [-0.25, -0.2) is 0 Å². The number of rotatable bonds is 7. The molecule has 2 rings (SSSR count). The molecule has 1 aromatic carbocycles. The average Bonchev–Trinajstić information content (AvgIpc) is 2.48. The molecule has 0 spiro atoms. The Labute approximate surface area is 125 Å². The molecule has 2 aromatic rings.